The molecule has 1 heterocycles. The van der Waals surface area contributed by atoms with Gasteiger partial charge in [-0.05, 0) is 25.0 Å². The number of hydrogen-bond donors (Lipinski definition) is 3. The average Bonchev–Trinajstić information content (AvgIpc) is 2.66. The smallest absolute Gasteiger partial charge is 0.261 e. The van der Waals surface area contributed by atoms with E-state index in [0.29, 0.717) is 4.88 Å². The molecule has 0 radical (unpaired) electrons. The van der Waals surface area contributed by atoms with E-state index in [1.54, 1.807) is 6.07 Å². The summed E-state index contributed by atoms with van der Waals surface area (Å²) in [6.45, 7) is 3.81. The van der Waals surface area contributed by atoms with Crippen LogP contribution in [0.15, 0.2) is 6.07 Å². The number of aryl methyl sites for hydroxylation is 2. The van der Waals surface area contributed by atoms with E-state index in [-0.39, 0.29) is 12.5 Å². The molecule has 0 bridgehead atoms. The van der Waals surface area contributed by atoms with E-state index < -0.39 is 12.0 Å². The van der Waals surface area contributed by atoms with Crippen LogP contribution in [-0.2, 0) is 11.2 Å². The van der Waals surface area contributed by atoms with E-state index in [9.17, 15) is 9.59 Å². The standard InChI is InChI=1S/C11H16N2O3S/c1-3-8-6(2)4-9(17-8)11(16)13-5-7(14)10(12)15/h4,7,14H,3,5H2,1-2H3,(H2,12,15)(H,13,16). The largest absolute Gasteiger partial charge is 0.381 e. The first kappa shape index (κ1) is 13.7. The second-order valence-corrected chi connectivity index (χ2v) is 4.84. The van der Waals surface area contributed by atoms with Gasteiger partial charge in [0.05, 0.1) is 11.4 Å². The number of nitrogens with one attached hydrogen (secondary N) is 1. The molecule has 0 aliphatic carbocycles. The first-order valence-corrected chi connectivity index (χ1v) is 6.12. The second kappa shape index (κ2) is 5.79. The molecule has 1 aromatic heterocycles. The lowest BCUT2D eigenvalue weighted by Crippen LogP contribution is -2.39. The SMILES string of the molecule is CCc1sc(C(=O)NCC(O)C(N)=O)cc1C. The molecular formula is C11H16N2O3S. The van der Waals surface area contributed by atoms with Crippen molar-refractivity contribution in [1.29, 1.82) is 0 Å². The number of carbonyl (C=O) groups is 2. The summed E-state index contributed by atoms with van der Waals surface area (Å²) in [6, 6.07) is 1.80. The first-order chi connectivity index (χ1) is 7.95. The minimum Gasteiger partial charge on any atom is -0.381 e. The highest BCUT2D eigenvalue weighted by Gasteiger charge is 2.15. The summed E-state index contributed by atoms with van der Waals surface area (Å²) >= 11 is 1.42. The van der Waals surface area contributed by atoms with Crippen molar-refractivity contribution in [3.8, 4) is 0 Å². The van der Waals surface area contributed by atoms with E-state index in [1.807, 2.05) is 13.8 Å². The molecule has 1 aromatic rings. The van der Waals surface area contributed by atoms with Gasteiger partial charge < -0.3 is 16.2 Å². The Morgan fingerprint density at radius 2 is 2.24 bits per heavy atom. The maximum absolute atomic E-state index is 11.7. The third-order valence-corrected chi connectivity index (χ3v) is 3.73. The summed E-state index contributed by atoms with van der Waals surface area (Å²) in [5.41, 5.74) is 5.95. The number of aliphatic hydroxyl groups excluding tert-OH is 1. The fourth-order valence-electron chi connectivity index (χ4n) is 1.36. The van der Waals surface area contributed by atoms with Crippen molar-refractivity contribution < 1.29 is 14.7 Å². The number of hydrogen-bond acceptors (Lipinski definition) is 4. The van der Waals surface area contributed by atoms with Crippen molar-refractivity contribution in [2.75, 3.05) is 6.54 Å². The number of aliphatic hydroxyl groups is 1. The van der Waals surface area contributed by atoms with Crippen molar-refractivity contribution in [3.63, 3.8) is 0 Å². The quantitative estimate of drug-likeness (QED) is 0.702. The van der Waals surface area contributed by atoms with Crippen LogP contribution in [0.4, 0.5) is 0 Å². The lowest BCUT2D eigenvalue weighted by Gasteiger charge is -2.06. The van der Waals surface area contributed by atoms with Crippen LogP contribution in [0.5, 0.6) is 0 Å². The average molecular weight is 256 g/mol. The van der Waals surface area contributed by atoms with Crippen LogP contribution in [-0.4, -0.2) is 29.6 Å². The molecule has 0 saturated carbocycles. The van der Waals surface area contributed by atoms with Crippen molar-refractivity contribution >= 4 is 23.2 Å². The highest BCUT2D eigenvalue weighted by Crippen LogP contribution is 2.22. The third-order valence-electron chi connectivity index (χ3n) is 2.35. The first-order valence-electron chi connectivity index (χ1n) is 5.30. The van der Waals surface area contributed by atoms with Crippen LogP contribution < -0.4 is 11.1 Å². The minimum absolute atomic E-state index is 0.160. The molecule has 1 unspecified atom stereocenters. The van der Waals surface area contributed by atoms with Gasteiger partial charge in [0.25, 0.3) is 5.91 Å². The van der Waals surface area contributed by atoms with Gasteiger partial charge in [0.15, 0.2) is 0 Å². The summed E-state index contributed by atoms with van der Waals surface area (Å²) in [6.07, 6.45) is -0.459. The summed E-state index contributed by atoms with van der Waals surface area (Å²) in [4.78, 5) is 24.0. The molecule has 6 heteroatoms. The van der Waals surface area contributed by atoms with Crippen LogP contribution >= 0.6 is 11.3 Å². The Bertz CT molecular complexity index is 428. The number of rotatable bonds is 5. The van der Waals surface area contributed by atoms with Gasteiger partial charge >= 0.3 is 0 Å². The molecule has 0 aliphatic rings. The molecule has 17 heavy (non-hydrogen) atoms. The Labute approximate surface area is 104 Å². The van der Waals surface area contributed by atoms with E-state index >= 15 is 0 Å². The second-order valence-electron chi connectivity index (χ2n) is 3.70. The van der Waals surface area contributed by atoms with Gasteiger partial charge in [-0.1, -0.05) is 6.92 Å². The molecule has 0 saturated heterocycles. The highest BCUT2D eigenvalue weighted by atomic mass is 32.1. The monoisotopic (exact) mass is 256 g/mol. The fraction of sp³-hybridized carbons (Fsp3) is 0.455. The van der Waals surface area contributed by atoms with Crippen molar-refractivity contribution in [1.82, 2.24) is 5.32 Å². The Kier molecular flexibility index (Phi) is 4.65. The van der Waals surface area contributed by atoms with Gasteiger partial charge in [0.1, 0.15) is 6.10 Å². The van der Waals surface area contributed by atoms with E-state index in [4.69, 9.17) is 10.8 Å². The van der Waals surface area contributed by atoms with Crippen LogP contribution in [0.3, 0.4) is 0 Å². The van der Waals surface area contributed by atoms with Crippen LogP contribution in [0.1, 0.15) is 27.0 Å². The van der Waals surface area contributed by atoms with Gasteiger partial charge in [0.2, 0.25) is 5.91 Å². The summed E-state index contributed by atoms with van der Waals surface area (Å²) in [5, 5.41) is 11.6. The lowest BCUT2D eigenvalue weighted by molar-refractivity contribution is -0.125. The predicted molar refractivity (Wildman–Crippen MR) is 66.0 cm³/mol. The highest BCUT2D eigenvalue weighted by molar-refractivity contribution is 7.14. The number of carbonyl (C=O) groups excluding carboxylic acids is 2. The molecule has 1 rings (SSSR count). The molecular weight excluding hydrogens is 240 g/mol. The minimum atomic E-state index is -1.34. The van der Waals surface area contributed by atoms with Crippen molar-refractivity contribution in [3.05, 3.63) is 21.4 Å². The Morgan fingerprint density at radius 3 is 2.71 bits per heavy atom. The van der Waals surface area contributed by atoms with Crippen LogP contribution in [0.25, 0.3) is 0 Å². The Morgan fingerprint density at radius 1 is 1.59 bits per heavy atom. The fourth-order valence-corrected chi connectivity index (χ4v) is 2.39. The van der Waals surface area contributed by atoms with Gasteiger partial charge in [-0.3, -0.25) is 9.59 Å². The molecule has 0 aromatic carbocycles. The summed E-state index contributed by atoms with van der Waals surface area (Å²) in [5.74, 6) is -1.14. The van der Waals surface area contributed by atoms with Gasteiger partial charge in [-0.25, -0.2) is 0 Å². The lowest BCUT2D eigenvalue weighted by atomic mass is 10.2. The Hall–Kier alpha value is -1.40. The molecule has 2 amide bonds. The van der Waals surface area contributed by atoms with E-state index in [0.717, 1.165) is 16.9 Å². The molecule has 94 valence electrons. The zero-order valence-corrected chi connectivity index (χ0v) is 10.6. The topological polar surface area (TPSA) is 92.4 Å². The molecule has 4 N–H and O–H groups in total. The summed E-state index contributed by atoms with van der Waals surface area (Å²) in [7, 11) is 0. The number of primary amides is 1. The maximum Gasteiger partial charge on any atom is 0.261 e. The number of amides is 2. The number of thiophene rings is 1. The maximum atomic E-state index is 11.7. The molecule has 0 aliphatic heterocycles. The van der Waals surface area contributed by atoms with E-state index in [1.165, 1.54) is 11.3 Å². The molecule has 5 nitrogen and oxygen atoms in total. The zero-order valence-electron chi connectivity index (χ0n) is 9.82. The summed E-state index contributed by atoms with van der Waals surface area (Å²) < 4.78 is 0. The molecule has 0 fully saturated rings. The Balaban J connectivity index is 2.61. The predicted octanol–water partition coefficient (Wildman–Crippen LogP) is 0.195. The van der Waals surface area contributed by atoms with Crippen molar-refractivity contribution in [2.24, 2.45) is 5.73 Å². The number of nitrogens with two attached hydrogens (primary N) is 1. The normalized spacial score (nSPS) is 12.2. The van der Waals surface area contributed by atoms with Gasteiger partial charge in [0, 0.05) is 4.88 Å². The zero-order chi connectivity index (χ0) is 13.0. The van der Waals surface area contributed by atoms with E-state index in [2.05, 4.69) is 5.32 Å². The van der Waals surface area contributed by atoms with Crippen LogP contribution in [0, 0.1) is 6.92 Å². The molecule has 1 atom stereocenters. The van der Waals surface area contributed by atoms with Crippen LogP contribution in [0.2, 0.25) is 0 Å². The third kappa shape index (κ3) is 3.54. The van der Waals surface area contributed by atoms with Gasteiger partial charge in [-0.15, -0.1) is 11.3 Å². The molecule has 0 spiro atoms. The van der Waals surface area contributed by atoms with Crippen molar-refractivity contribution in [2.45, 2.75) is 26.4 Å². The van der Waals surface area contributed by atoms with Gasteiger partial charge in [-0.2, -0.15) is 0 Å².